The van der Waals surface area contributed by atoms with Gasteiger partial charge in [0.1, 0.15) is 11.6 Å². The van der Waals surface area contributed by atoms with Gasteiger partial charge >= 0.3 is 5.97 Å². The lowest BCUT2D eigenvalue weighted by Gasteiger charge is -2.10. The SMILES string of the molecule is CCOc1cc(C(=O)OC)nc2cc(F)cc(Cl)c12. The molecule has 0 aliphatic carbocycles. The minimum absolute atomic E-state index is 0.0418. The zero-order chi connectivity index (χ0) is 14.0. The maximum Gasteiger partial charge on any atom is 0.356 e. The summed E-state index contributed by atoms with van der Waals surface area (Å²) in [6.45, 7) is 2.18. The molecule has 0 bridgehead atoms. The minimum Gasteiger partial charge on any atom is -0.493 e. The molecule has 0 fully saturated rings. The first-order chi connectivity index (χ1) is 9.06. The van der Waals surface area contributed by atoms with Gasteiger partial charge in [-0.05, 0) is 13.0 Å². The fourth-order valence-electron chi connectivity index (χ4n) is 1.73. The molecule has 100 valence electrons. The summed E-state index contributed by atoms with van der Waals surface area (Å²) in [6, 6.07) is 3.80. The fourth-order valence-corrected chi connectivity index (χ4v) is 2.02. The number of methoxy groups -OCH3 is 1. The number of esters is 1. The number of hydrogen-bond donors (Lipinski definition) is 0. The van der Waals surface area contributed by atoms with Crippen LogP contribution in [0.4, 0.5) is 4.39 Å². The first kappa shape index (κ1) is 13.5. The molecule has 6 heteroatoms. The molecule has 0 aliphatic rings. The van der Waals surface area contributed by atoms with Gasteiger partial charge in [-0.15, -0.1) is 0 Å². The highest BCUT2D eigenvalue weighted by Crippen LogP contribution is 2.33. The number of ether oxygens (including phenoxy) is 2. The number of carbonyl (C=O) groups is 1. The fraction of sp³-hybridized carbons (Fsp3) is 0.231. The normalized spacial score (nSPS) is 10.5. The van der Waals surface area contributed by atoms with Crippen molar-refractivity contribution in [3.8, 4) is 5.75 Å². The molecule has 0 amide bonds. The first-order valence-corrected chi connectivity index (χ1v) is 5.95. The third-order valence-corrected chi connectivity index (χ3v) is 2.78. The quantitative estimate of drug-likeness (QED) is 0.812. The lowest BCUT2D eigenvalue weighted by Crippen LogP contribution is -2.06. The summed E-state index contributed by atoms with van der Waals surface area (Å²) in [7, 11) is 1.24. The van der Waals surface area contributed by atoms with E-state index in [0.717, 1.165) is 0 Å². The maximum absolute atomic E-state index is 13.3. The monoisotopic (exact) mass is 283 g/mol. The van der Waals surface area contributed by atoms with Crippen molar-refractivity contribution in [3.05, 3.63) is 34.7 Å². The van der Waals surface area contributed by atoms with Gasteiger partial charge in [0.15, 0.2) is 5.69 Å². The Labute approximate surface area is 114 Å². The van der Waals surface area contributed by atoms with E-state index in [4.69, 9.17) is 16.3 Å². The van der Waals surface area contributed by atoms with Gasteiger partial charge in [-0.3, -0.25) is 0 Å². The van der Waals surface area contributed by atoms with Crippen LogP contribution in [0, 0.1) is 5.82 Å². The highest BCUT2D eigenvalue weighted by atomic mass is 35.5. The van der Waals surface area contributed by atoms with Gasteiger partial charge in [-0.25, -0.2) is 14.2 Å². The number of aromatic nitrogens is 1. The van der Waals surface area contributed by atoms with Crippen molar-refractivity contribution in [2.45, 2.75) is 6.92 Å². The molecule has 1 heterocycles. The Morgan fingerprint density at radius 3 is 2.79 bits per heavy atom. The number of rotatable bonds is 3. The number of benzene rings is 1. The van der Waals surface area contributed by atoms with E-state index < -0.39 is 11.8 Å². The van der Waals surface area contributed by atoms with Crippen LogP contribution in [-0.2, 0) is 4.74 Å². The maximum atomic E-state index is 13.3. The van der Waals surface area contributed by atoms with E-state index in [0.29, 0.717) is 17.7 Å². The molecule has 2 rings (SSSR count). The van der Waals surface area contributed by atoms with Gasteiger partial charge in [0, 0.05) is 12.1 Å². The standard InChI is InChI=1S/C13H11ClFNO3/c1-3-19-11-6-10(13(17)18-2)16-9-5-7(15)4-8(14)12(9)11/h4-6H,3H2,1-2H3. The number of pyridine rings is 1. The second-order valence-electron chi connectivity index (χ2n) is 3.71. The Balaban J connectivity index is 2.75. The van der Waals surface area contributed by atoms with E-state index in [2.05, 4.69) is 9.72 Å². The number of carbonyl (C=O) groups excluding carboxylic acids is 1. The van der Waals surface area contributed by atoms with Crippen LogP contribution in [0.15, 0.2) is 18.2 Å². The van der Waals surface area contributed by atoms with Crippen LogP contribution in [-0.4, -0.2) is 24.7 Å². The van der Waals surface area contributed by atoms with E-state index >= 15 is 0 Å². The van der Waals surface area contributed by atoms with Crippen molar-refractivity contribution in [1.82, 2.24) is 4.98 Å². The van der Waals surface area contributed by atoms with Crippen LogP contribution in [0.2, 0.25) is 5.02 Å². The van der Waals surface area contributed by atoms with Crippen LogP contribution in [0.3, 0.4) is 0 Å². The molecule has 2 aromatic rings. The Morgan fingerprint density at radius 1 is 1.42 bits per heavy atom. The number of nitrogens with zero attached hydrogens (tertiary/aromatic N) is 1. The zero-order valence-electron chi connectivity index (χ0n) is 10.4. The second-order valence-corrected chi connectivity index (χ2v) is 4.12. The van der Waals surface area contributed by atoms with Gasteiger partial charge < -0.3 is 9.47 Å². The summed E-state index contributed by atoms with van der Waals surface area (Å²) >= 11 is 5.99. The van der Waals surface area contributed by atoms with E-state index in [-0.39, 0.29) is 16.2 Å². The molecule has 0 N–H and O–H groups in total. The van der Waals surface area contributed by atoms with Gasteiger partial charge in [-0.2, -0.15) is 0 Å². The summed E-state index contributed by atoms with van der Waals surface area (Å²) < 4.78 is 23.4. The van der Waals surface area contributed by atoms with E-state index in [1.807, 2.05) is 0 Å². The summed E-state index contributed by atoms with van der Waals surface area (Å²) in [5.41, 5.74) is 0.288. The molecule has 19 heavy (non-hydrogen) atoms. The van der Waals surface area contributed by atoms with Crippen LogP contribution in [0.25, 0.3) is 10.9 Å². The van der Waals surface area contributed by atoms with Crippen LogP contribution < -0.4 is 4.74 Å². The van der Waals surface area contributed by atoms with E-state index in [9.17, 15) is 9.18 Å². The van der Waals surface area contributed by atoms with Crippen LogP contribution in [0.5, 0.6) is 5.75 Å². The Hall–Kier alpha value is -1.88. The highest BCUT2D eigenvalue weighted by molar-refractivity contribution is 6.36. The Kier molecular flexibility index (Phi) is 3.85. The topological polar surface area (TPSA) is 48.4 Å². The zero-order valence-corrected chi connectivity index (χ0v) is 11.1. The largest absolute Gasteiger partial charge is 0.493 e. The minimum atomic E-state index is -0.622. The lowest BCUT2D eigenvalue weighted by molar-refractivity contribution is 0.0594. The number of halogens is 2. The molecule has 0 saturated carbocycles. The molecule has 0 radical (unpaired) electrons. The molecular formula is C13H11ClFNO3. The molecule has 0 saturated heterocycles. The summed E-state index contributed by atoms with van der Waals surface area (Å²) in [6.07, 6.45) is 0. The van der Waals surface area contributed by atoms with Gasteiger partial charge in [0.2, 0.25) is 0 Å². The third-order valence-electron chi connectivity index (χ3n) is 2.48. The first-order valence-electron chi connectivity index (χ1n) is 5.57. The van der Waals surface area contributed by atoms with Crippen LogP contribution in [0.1, 0.15) is 17.4 Å². The smallest absolute Gasteiger partial charge is 0.356 e. The Morgan fingerprint density at radius 2 is 2.16 bits per heavy atom. The number of fused-ring (bicyclic) bond motifs is 1. The van der Waals surface area contributed by atoms with Crippen molar-refractivity contribution in [3.63, 3.8) is 0 Å². The van der Waals surface area contributed by atoms with Gasteiger partial charge in [-0.1, -0.05) is 11.6 Å². The molecule has 1 aromatic heterocycles. The Bertz CT molecular complexity index is 645. The molecule has 1 aromatic carbocycles. The average Bonchev–Trinajstić information content (AvgIpc) is 2.36. The predicted octanol–water partition coefficient (Wildman–Crippen LogP) is 3.21. The molecule has 0 spiro atoms. The summed E-state index contributed by atoms with van der Waals surface area (Å²) in [5.74, 6) is -0.782. The second kappa shape index (κ2) is 5.40. The molecule has 0 aliphatic heterocycles. The van der Waals surface area contributed by atoms with E-state index in [1.54, 1.807) is 6.92 Å². The van der Waals surface area contributed by atoms with Gasteiger partial charge in [0.25, 0.3) is 0 Å². The molecule has 0 unspecified atom stereocenters. The number of hydrogen-bond acceptors (Lipinski definition) is 4. The van der Waals surface area contributed by atoms with Crippen molar-refractivity contribution in [2.24, 2.45) is 0 Å². The van der Waals surface area contributed by atoms with Crippen molar-refractivity contribution < 1.29 is 18.7 Å². The molecule has 0 atom stereocenters. The highest BCUT2D eigenvalue weighted by Gasteiger charge is 2.16. The predicted molar refractivity (Wildman–Crippen MR) is 69.2 cm³/mol. The van der Waals surface area contributed by atoms with Crippen molar-refractivity contribution in [1.29, 1.82) is 0 Å². The van der Waals surface area contributed by atoms with Crippen LogP contribution >= 0.6 is 11.6 Å². The average molecular weight is 284 g/mol. The van der Waals surface area contributed by atoms with Gasteiger partial charge in [0.05, 0.1) is 29.6 Å². The molecule has 4 nitrogen and oxygen atoms in total. The van der Waals surface area contributed by atoms with Crippen molar-refractivity contribution in [2.75, 3.05) is 13.7 Å². The third kappa shape index (κ3) is 2.61. The lowest BCUT2D eigenvalue weighted by atomic mass is 10.1. The summed E-state index contributed by atoms with van der Waals surface area (Å²) in [4.78, 5) is 15.5. The van der Waals surface area contributed by atoms with Crippen molar-refractivity contribution >= 4 is 28.5 Å². The molecular weight excluding hydrogens is 273 g/mol. The van der Waals surface area contributed by atoms with E-state index in [1.165, 1.54) is 25.3 Å². The summed E-state index contributed by atoms with van der Waals surface area (Å²) in [5, 5.41) is 0.653.